The first-order valence-electron chi connectivity index (χ1n) is 5.10. The normalized spacial score (nSPS) is 19.0. The summed E-state index contributed by atoms with van der Waals surface area (Å²) in [6.45, 7) is -0.464. The molecule has 0 radical (unpaired) electrons. The van der Waals surface area contributed by atoms with Crippen molar-refractivity contribution in [2.24, 2.45) is 0 Å². The van der Waals surface area contributed by atoms with Gasteiger partial charge in [-0.3, -0.25) is 14.5 Å². The molecule has 0 spiro atoms. The topological polar surface area (TPSA) is 69.6 Å². The summed E-state index contributed by atoms with van der Waals surface area (Å²) in [5, 5.41) is 8.76. The molecule has 90 valence electrons. The van der Waals surface area contributed by atoms with Crippen molar-refractivity contribution in [1.82, 2.24) is 5.54 Å². The zero-order valence-electron chi connectivity index (χ0n) is 8.89. The number of carbonyl (C=O) groups is 2. The molecule has 17 heavy (non-hydrogen) atoms. The van der Waals surface area contributed by atoms with Crippen LogP contribution in [0.2, 0.25) is 0 Å². The molecule has 1 unspecified atom stereocenters. The molecule has 2 rings (SSSR count). The molecule has 1 aromatic rings. The number of hydrogen-bond acceptors (Lipinski definition) is 3. The first-order chi connectivity index (χ1) is 8.13. The van der Waals surface area contributed by atoms with Gasteiger partial charge >= 0.3 is 5.97 Å². The Morgan fingerprint density at radius 3 is 2.88 bits per heavy atom. The lowest BCUT2D eigenvalue weighted by molar-refractivity contribution is -0.137. The molecule has 6 heteroatoms. The van der Waals surface area contributed by atoms with Gasteiger partial charge in [0.15, 0.2) is 0 Å². The molecular weight excluding hydrogens is 227 g/mol. The first-order valence-corrected chi connectivity index (χ1v) is 5.10. The van der Waals surface area contributed by atoms with E-state index in [4.69, 9.17) is 5.11 Å². The largest absolute Gasteiger partial charge is 0.480 e. The summed E-state index contributed by atoms with van der Waals surface area (Å²) < 4.78 is 12.5. The number of rotatable bonds is 3. The monoisotopic (exact) mass is 238 g/mol. The fraction of sp³-hybridized carbons (Fsp3) is 0.273. The summed E-state index contributed by atoms with van der Waals surface area (Å²) in [7, 11) is 0. The number of benzene rings is 1. The quantitative estimate of drug-likeness (QED) is 0.752. The predicted molar refractivity (Wildman–Crippen MR) is 58.2 cm³/mol. The van der Waals surface area contributed by atoms with E-state index in [1.807, 2.05) is 0 Å². The van der Waals surface area contributed by atoms with Crippen molar-refractivity contribution >= 4 is 17.6 Å². The molecule has 1 aromatic carbocycles. The van der Waals surface area contributed by atoms with Gasteiger partial charge in [-0.2, -0.15) is 0 Å². The van der Waals surface area contributed by atoms with E-state index in [9.17, 15) is 14.1 Å². The van der Waals surface area contributed by atoms with Crippen LogP contribution in [0.5, 0.6) is 0 Å². The Bertz CT molecular complexity index is 464. The highest BCUT2D eigenvalue weighted by molar-refractivity contribution is 6.03. The van der Waals surface area contributed by atoms with Gasteiger partial charge in [0.1, 0.15) is 12.6 Å². The molecule has 0 aromatic heterocycles. The van der Waals surface area contributed by atoms with E-state index in [2.05, 4.69) is 0 Å². The maximum absolute atomic E-state index is 12.5. The molecule has 0 fully saturated rings. The van der Waals surface area contributed by atoms with Crippen molar-refractivity contribution in [2.75, 3.05) is 11.4 Å². The van der Waals surface area contributed by atoms with E-state index < -0.39 is 24.5 Å². The number of halogens is 1. The van der Waals surface area contributed by atoms with E-state index in [1.165, 1.54) is 5.54 Å². The molecule has 0 saturated heterocycles. The van der Waals surface area contributed by atoms with Crippen LogP contribution >= 0.6 is 0 Å². The third kappa shape index (κ3) is 2.12. The molecule has 0 saturated carbocycles. The standard InChI is InChI=1S/C11H11FN2O3/c12-13-8-5-7-3-1-2-4-9(7)14(11(8)17)6-10(15)16/h1-4,8,13H,5-6H2,(H,15,16). The fourth-order valence-corrected chi connectivity index (χ4v) is 1.94. The Kier molecular flexibility index (Phi) is 3.06. The summed E-state index contributed by atoms with van der Waals surface area (Å²) in [5.41, 5.74) is 2.70. The van der Waals surface area contributed by atoms with Crippen LogP contribution in [0.3, 0.4) is 0 Å². The lowest BCUT2D eigenvalue weighted by Gasteiger charge is -2.31. The molecule has 1 amide bonds. The molecule has 1 aliphatic heterocycles. The molecule has 1 heterocycles. The first kappa shape index (κ1) is 11.5. The molecular formula is C11H11FN2O3. The summed E-state index contributed by atoms with van der Waals surface area (Å²) in [5.74, 6) is -1.69. The summed E-state index contributed by atoms with van der Waals surface area (Å²) in [4.78, 5) is 23.6. The maximum Gasteiger partial charge on any atom is 0.323 e. The Morgan fingerprint density at radius 2 is 2.24 bits per heavy atom. The van der Waals surface area contributed by atoms with Crippen molar-refractivity contribution in [1.29, 1.82) is 0 Å². The average molecular weight is 238 g/mol. The van der Waals surface area contributed by atoms with Crippen LogP contribution in [-0.4, -0.2) is 29.6 Å². The second-order valence-electron chi connectivity index (χ2n) is 3.81. The number of nitrogens with zero attached hydrogens (tertiary/aromatic N) is 1. The van der Waals surface area contributed by atoms with Crippen molar-refractivity contribution < 1.29 is 19.2 Å². The van der Waals surface area contributed by atoms with Gasteiger partial charge in [-0.1, -0.05) is 18.2 Å². The summed E-state index contributed by atoms with van der Waals surface area (Å²) in [6, 6.07) is 5.88. The van der Waals surface area contributed by atoms with Gasteiger partial charge in [-0.05, 0) is 11.6 Å². The zero-order valence-corrected chi connectivity index (χ0v) is 8.89. The van der Waals surface area contributed by atoms with Gasteiger partial charge in [0.05, 0.1) is 0 Å². The Labute approximate surface area is 96.8 Å². The number of aliphatic carboxylic acids is 1. The van der Waals surface area contributed by atoms with Crippen molar-refractivity contribution in [2.45, 2.75) is 12.5 Å². The number of carboxylic acid groups (broad SMARTS) is 1. The summed E-state index contributed by atoms with van der Waals surface area (Å²) >= 11 is 0. The van der Waals surface area contributed by atoms with Crippen LogP contribution < -0.4 is 10.4 Å². The minimum absolute atomic E-state index is 0.224. The second kappa shape index (κ2) is 4.50. The number of carboxylic acids is 1. The maximum atomic E-state index is 12.5. The van der Waals surface area contributed by atoms with E-state index >= 15 is 0 Å². The lowest BCUT2D eigenvalue weighted by atomic mass is 9.98. The average Bonchev–Trinajstić information content (AvgIpc) is 2.32. The highest BCUT2D eigenvalue weighted by Gasteiger charge is 2.33. The minimum atomic E-state index is -1.13. The van der Waals surface area contributed by atoms with Crippen LogP contribution in [0.4, 0.5) is 10.2 Å². The van der Waals surface area contributed by atoms with E-state index in [0.717, 1.165) is 10.5 Å². The van der Waals surface area contributed by atoms with Crippen LogP contribution in [0, 0.1) is 0 Å². The fourth-order valence-electron chi connectivity index (χ4n) is 1.94. The highest BCUT2D eigenvalue weighted by Crippen LogP contribution is 2.27. The van der Waals surface area contributed by atoms with Crippen molar-refractivity contribution in [3.05, 3.63) is 29.8 Å². The number of anilines is 1. The van der Waals surface area contributed by atoms with Gasteiger partial charge in [-0.15, -0.1) is 10.0 Å². The molecule has 1 aliphatic rings. The molecule has 0 bridgehead atoms. The highest BCUT2D eigenvalue weighted by atomic mass is 19.2. The van der Waals surface area contributed by atoms with Crippen molar-refractivity contribution in [3.63, 3.8) is 0 Å². The third-order valence-corrected chi connectivity index (χ3v) is 2.70. The van der Waals surface area contributed by atoms with Crippen LogP contribution in [-0.2, 0) is 16.0 Å². The van der Waals surface area contributed by atoms with Crippen molar-refractivity contribution in [3.8, 4) is 0 Å². The van der Waals surface area contributed by atoms with Gasteiger partial charge in [0.2, 0.25) is 5.91 Å². The lowest BCUT2D eigenvalue weighted by Crippen LogP contribution is -2.50. The van der Waals surface area contributed by atoms with Gasteiger partial charge in [0, 0.05) is 12.1 Å². The third-order valence-electron chi connectivity index (χ3n) is 2.70. The Hall–Kier alpha value is -1.95. The smallest absolute Gasteiger partial charge is 0.323 e. The molecule has 2 N–H and O–H groups in total. The van der Waals surface area contributed by atoms with E-state index in [1.54, 1.807) is 24.3 Å². The number of fused-ring (bicyclic) bond motifs is 1. The second-order valence-corrected chi connectivity index (χ2v) is 3.81. The number of carbonyl (C=O) groups excluding carboxylic acids is 1. The van der Waals surface area contributed by atoms with E-state index in [-0.39, 0.29) is 6.42 Å². The molecule has 5 nitrogen and oxygen atoms in total. The van der Waals surface area contributed by atoms with Gasteiger partial charge in [-0.25, -0.2) is 0 Å². The molecule has 0 aliphatic carbocycles. The van der Waals surface area contributed by atoms with Crippen LogP contribution in [0.1, 0.15) is 5.56 Å². The molecule has 1 atom stereocenters. The Balaban J connectivity index is 2.40. The Morgan fingerprint density at radius 1 is 1.53 bits per heavy atom. The van der Waals surface area contributed by atoms with Crippen LogP contribution in [0.15, 0.2) is 24.3 Å². The number of para-hydroxylation sites is 1. The van der Waals surface area contributed by atoms with E-state index in [0.29, 0.717) is 5.69 Å². The van der Waals surface area contributed by atoms with Gasteiger partial charge < -0.3 is 5.11 Å². The number of nitrogens with one attached hydrogen (secondary N) is 1. The number of hydrogen-bond donors (Lipinski definition) is 2. The van der Waals surface area contributed by atoms with Gasteiger partial charge in [0.25, 0.3) is 0 Å². The SMILES string of the molecule is O=C(O)CN1C(=O)C(NF)Cc2ccccc21. The summed E-state index contributed by atoms with van der Waals surface area (Å²) in [6.07, 6.45) is 0.224. The predicted octanol–water partition coefficient (Wildman–Crippen LogP) is 0.503. The zero-order chi connectivity index (χ0) is 12.4. The van der Waals surface area contributed by atoms with Crippen LogP contribution in [0.25, 0.3) is 0 Å². The number of amides is 1. The minimum Gasteiger partial charge on any atom is -0.480 e.